The van der Waals surface area contributed by atoms with Gasteiger partial charge in [0.05, 0.1) is 6.10 Å². The fraction of sp³-hybridized carbons (Fsp3) is 0.500. The molecule has 0 aliphatic carbocycles. The Kier molecular flexibility index (Phi) is 2.52. The second-order valence-electron chi connectivity index (χ2n) is 4.84. The molecule has 1 fully saturated rings. The first-order valence-electron chi connectivity index (χ1n) is 5.19. The number of nitrogens with one attached hydrogen (secondary N) is 1. The van der Waals surface area contributed by atoms with Gasteiger partial charge in [-0.1, -0.05) is 12.1 Å². The average molecular weight is 209 g/mol. The van der Waals surface area contributed by atoms with E-state index in [0.29, 0.717) is 5.56 Å². The molecule has 0 amide bonds. The highest BCUT2D eigenvalue weighted by atomic mass is 19.1. The third-order valence-corrected chi connectivity index (χ3v) is 2.88. The summed E-state index contributed by atoms with van der Waals surface area (Å²) in [6.45, 7) is 4.17. The molecule has 1 heterocycles. The van der Waals surface area contributed by atoms with Gasteiger partial charge in [0.1, 0.15) is 5.82 Å². The summed E-state index contributed by atoms with van der Waals surface area (Å²) < 4.78 is 12.9. The van der Waals surface area contributed by atoms with Crippen molar-refractivity contribution < 1.29 is 9.50 Å². The summed E-state index contributed by atoms with van der Waals surface area (Å²) in [5.74, 6) is -0.301. The van der Waals surface area contributed by atoms with Gasteiger partial charge in [-0.3, -0.25) is 0 Å². The SMILES string of the molecule is CC1(C)CC(C(O)c2cccc(F)c2)N1. The summed E-state index contributed by atoms with van der Waals surface area (Å²) in [6, 6.07) is 6.19. The molecular formula is C12H16FNO. The van der Waals surface area contributed by atoms with E-state index >= 15 is 0 Å². The topological polar surface area (TPSA) is 32.3 Å². The van der Waals surface area contributed by atoms with E-state index in [2.05, 4.69) is 19.2 Å². The van der Waals surface area contributed by atoms with Crippen molar-refractivity contribution in [2.45, 2.75) is 38.0 Å². The minimum Gasteiger partial charge on any atom is -0.387 e. The lowest BCUT2D eigenvalue weighted by molar-refractivity contribution is 0.0388. The lowest BCUT2D eigenvalue weighted by Gasteiger charge is -2.46. The Hall–Kier alpha value is -0.930. The van der Waals surface area contributed by atoms with Gasteiger partial charge in [0, 0.05) is 11.6 Å². The molecule has 2 rings (SSSR count). The van der Waals surface area contributed by atoms with Crippen LogP contribution in [0.2, 0.25) is 0 Å². The largest absolute Gasteiger partial charge is 0.387 e. The number of aliphatic hydroxyl groups is 1. The third-order valence-electron chi connectivity index (χ3n) is 2.88. The number of hydrogen-bond acceptors (Lipinski definition) is 2. The van der Waals surface area contributed by atoms with Crippen LogP contribution in [0, 0.1) is 5.82 Å². The molecule has 2 nitrogen and oxygen atoms in total. The zero-order valence-corrected chi connectivity index (χ0v) is 9.00. The van der Waals surface area contributed by atoms with Gasteiger partial charge in [-0.25, -0.2) is 4.39 Å². The standard InChI is InChI=1S/C12H16FNO/c1-12(2)7-10(14-12)11(15)8-4-3-5-9(13)6-8/h3-6,10-11,14-15H,7H2,1-2H3. The van der Waals surface area contributed by atoms with Crippen molar-refractivity contribution in [3.05, 3.63) is 35.6 Å². The molecule has 3 heteroatoms. The highest BCUT2D eigenvalue weighted by molar-refractivity contribution is 5.22. The molecule has 1 aliphatic heterocycles. The van der Waals surface area contributed by atoms with E-state index in [1.54, 1.807) is 12.1 Å². The summed E-state index contributed by atoms with van der Waals surface area (Å²) in [5.41, 5.74) is 0.738. The number of aliphatic hydroxyl groups excluding tert-OH is 1. The fourth-order valence-electron chi connectivity index (χ4n) is 2.14. The molecule has 0 aromatic heterocycles. The van der Waals surface area contributed by atoms with Crippen LogP contribution in [0.5, 0.6) is 0 Å². The minimum absolute atomic E-state index is 0.0433. The lowest BCUT2D eigenvalue weighted by Crippen LogP contribution is -2.61. The maximum absolute atomic E-state index is 12.9. The Bertz CT molecular complexity index is 356. The van der Waals surface area contributed by atoms with Crippen molar-refractivity contribution in [2.75, 3.05) is 0 Å². The highest BCUT2D eigenvalue weighted by Crippen LogP contribution is 2.32. The van der Waals surface area contributed by atoms with Gasteiger partial charge < -0.3 is 10.4 Å². The van der Waals surface area contributed by atoms with Crippen molar-refractivity contribution in [1.82, 2.24) is 5.32 Å². The van der Waals surface area contributed by atoms with Crippen LogP contribution in [-0.4, -0.2) is 16.7 Å². The summed E-state index contributed by atoms with van der Waals surface area (Å²) >= 11 is 0. The second-order valence-corrected chi connectivity index (χ2v) is 4.84. The summed E-state index contributed by atoms with van der Waals surface area (Å²) in [5, 5.41) is 13.2. The number of benzene rings is 1. The molecule has 0 bridgehead atoms. The average Bonchev–Trinajstić information content (AvgIpc) is 2.13. The van der Waals surface area contributed by atoms with Gasteiger partial charge in [0.2, 0.25) is 0 Å². The molecular weight excluding hydrogens is 193 g/mol. The molecule has 1 saturated heterocycles. The number of hydrogen-bond donors (Lipinski definition) is 2. The Balaban J connectivity index is 2.06. The predicted molar refractivity (Wildman–Crippen MR) is 57.0 cm³/mol. The lowest BCUT2D eigenvalue weighted by atomic mass is 9.80. The Morgan fingerprint density at radius 3 is 2.73 bits per heavy atom. The summed E-state index contributed by atoms with van der Waals surface area (Å²) in [7, 11) is 0. The molecule has 2 atom stereocenters. The Morgan fingerprint density at radius 1 is 1.53 bits per heavy atom. The second kappa shape index (κ2) is 3.58. The zero-order valence-electron chi connectivity index (χ0n) is 9.00. The molecule has 0 saturated carbocycles. The van der Waals surface area contributed by atoms with Crippen molar-refractivity contribution >= 4 is 0 Å². The van der Waals surface area contributed by atoms with Crippen LogP contribution in [0.4, 0.5) is 4.39 Å². The van der Waals surface area contributed by atoms with E-state index in [0.717, 1.165) is 6.42 Å². The molecule has 1 aromatic rings. The van der Waals surface area contributed by atoms with Gasteiger partial charge in [0.25, 0.3) is 0 Å². The van der Waals surface area contributed by atoms with Gasteiger partial charge >= 0.3 is 0 Å². The minimum atomic E-state index is -0.617. The van der Waals surface area contributed by atoms with Crippen LogP contribution in [0.15, 0.2) is 24.3 Å². The molecule has 1 aromatic carbocycles. The van der Waals surface area contributed by atoms with Crippen LogP contribution >= 0.6 is 0 Å². The van der Waals surface area contributed by atoms with Gasteiger partial charge in [0.15, 0.2) is 0 Å². The normalized spacial score (nSPS) is 25.7. The predicted octanol–water partition coefficient (Wildman–Crippen LogP) is 2.00. The molecule has 1 aliphatic rings. The van der Waals surface area contributed by atoms with E-state index in [4.69, 9.17) is 0 Å². The van der Waals surface area contributed by atoms with E-state index in [-0.39, 0.29) is 17.4 Å². The van der Waals surface area contributed by atoms with E-state index in [1.165, 1.54) is 12.1 Å². The smallest absolute Gasteiger partial charge is 0.123 e. The summed E-state index contributed by atoms with van der Waals surface area (Å²) in [4.78, 5) is 0. The van der Waals surface area contributed by atoms with Gasteiger partial charge in [-0.15, -0.1) is 0 Å². The molecule has 2 N–H and O–H groups in total. The van der Waals surface area contributed by atoms with Crippen molar-refractivity contribution in [3.8, 4) is 0 Å². The fourth-order valence-corrected chi connectivity index (χ4v) is 2.14. The molecule has 0 spiro atoms. The summed E-state index contributed by atoms with van der Waals surface area (Å²) in [6.07, 6.45) is 0.290. The monoisotopic (exact) mass is 209 g/mol. The number of halogens is 1. The van der Waals surface area contributed by atoms with Gasteiger partial charge in [-0.2, -0.15) is 0 Å². The highest BCUT2D eigenvalue weighted by Gasteiger charge is 2.39. The first-order chi connectivity index (χ1) is 6.98. The molecule has 82 valence electrons. The van der Waals surface area contributed by atoms with Crippen molar-refractivity contribution in [2.24, 2.45) is 0 Å². The molecule has 0 radical (unpaired) electrons. The van der Waals surface area contributed by atoms with Crippen molar-refractivity contribution in [1.29, 1.82) is 0 Å². The van der Waals surface area contributed by atoms with E-state index < -0.39 is 6.10 Å². The number of rotatable bonds is 2. The maximum atomic E-state index is 12.9. The van der Waals surface area contributed by atoms with E-state index in [9.17, 15) is 9.50 Å². The van der Waals surface area contributed by atoms with E-state index in [1.807, 2.05) is 0 Å². The van der Waals surface area contributed by atoms with Crippen LogP contribution in [-0.2, 0) is 0 Å². The maximum Gasteiger partial charge on any atom is 0.123 e. The van der Waals surface area contributed by atoms with Gasteiger partial charge in [-0.05, 0) is 38.0 Å². The van der Waals surface area contributed by atoms with Crippen LogP contribution in [0.25, 0.3) is 0 Å². The van der Waals surface area contributed by atoms with Crippen molar-refractivity contribution in [3.63, 3.8) is 0 Å². The van der Waals surface area contributed by atoms with Crippen LogP contribution < -0.4 is 5.32 Å². The van der Waals surface area contributed by atoms with Crippen LogP contribution in [0.3, 0.4) is 0 Å². The molecule has 2 unspecified atom stereocenters. The van der Waals surface area contributed by atoms with Crippen LogP contribution in [0.1, 0.15) is 31.9 Å². The molecule has 15 heavy (non-hydrogen) atoms. The first-order valence-corrected chi connectivity index (χ1v) is 5.19. The third kappa shape index (κ3) is 2.19. The first kappa shape index (κ1) is 10.6. The Labute approximate surface area is 89.1 Å². The quantitative estimate of drug-likeness (QED) is 0.780. The Morgan fingerprint density at radius 2 is 2.20 bits per heavy atom. The zero-order chi connectivity index (χ0) is 11.1.